The number of benzene rings is 1. The Morgan fingerprint density at radius 1 is 1.18 bits per heavy atom. The Balaban J connectivity index is 1.46. The predicted molar refractivity (Wildman–Crippen MR) is 134 cm³/mol. The van der Waals surface area contributed by atoms with Crippen molar-refractivity contribution < 1.29 is 9.53 Å². The number of amides is 1. The second-order valence-corrected chi connectivity index (χ2v) is 9.04. The van der Waals surface area contributed by atoms with E-state index in [0.717, 1.165) is 35.3 Å². The fourth-order valence-electron chi connectivity index (χ4n) is 3.98. The molecule has 0 bridgehead atoms. The first-order valence-corrected chi connectivity index (χ1v) is 11.9. The van der Waals surface area contributed by atoms with Gasteiger partial charge < -0.3 is 20.3 Å². The van der Waals surface area contributed by atoms with Crippen molar-refractivity contribution in [3.8, 4) is 0 Å². The number of ether oxygens (including phenoxy) is 1. The Bertz CT molecular complexity index is 1180. The van der Waals surface area contributed by atoms with Crippen molar-refractivity contribution in [2.24, 2.45) is 0 Å². The minimum Gasteiger partial charge on any atom is -0.450 e. The minimum atomic E-state index is -0.248. The number of hydrogen-bond donors (Lipinski definition) is 3. The van der Waals surface area contributed by atoms with Crippen molar-refractivity contribution in [2.45, 2.75) is 39.5 Å². The van der Waals surface area contributed by atoms with Gasteiger partial charge in [0.1, 0.15) is 5.02 Å². The molecular formula is C23H27Cl2N7O2. The van der Waals surface area contributed by atoms with E-state index in [4.69, 9.17) is 27.9 Å². The van der Waals surface area contributed by atoms with Gasteiger partial charge >= 0.3 is 6.09 Å². The normalized spacial score (nSPS) is 14.2. The first-order chi connectivity index (χ1) is 16.3. The molecule has 9 nitrogen and oxygen atoms in total. The fourth-order valence-corrected chi connectivity index (χ4v) is 4.43. The number of nitrogens with one attached hydrogen (secondary N) is 3. The summed E-state index contributed by atoms with van der Waals surface area (Å²) in [5, 5.41) is 14.4. The molecule has 3 aromatic rings. The second kappa shape index (κ2) is 10.5. The van der Waals surface area contributed by atoms with Gasteiger partial charge in [0.25, 0.3) is 0 Å². The van der Waals surface area contributed by atoms with Gasteiger partial charge in [-0.05, 0) is 56.7 Å². The van der Waals surface area contributed by atoms with Gasteiger partial charge in [0.05, 0.1) is 12.8 Å². The Hall–Kier alpha value is -3.04. The van der Waals surface area contributed by atoms with Crippen LogP contribution in [0, 0.1) is 13.8 Å². The molecule has 11 heteroatoms. The third kappa shape index (κ3) is 5.53. The molecule has 0 saturated carbocycles. The smallest absolute Gasteiger partial charge is 0.409 e. The summed E-state index contributed by atoms with van der Waals surface area (Å²) in [5.41, 5.74) is 3.83. The highest BCUT2D eigenvalue weighted by Gasteiger charge is 2.26. The third-order valence-corrected chi connectivity index (χ3v) is 6.35. The molecule has 180 valence electrons. The van der Waals surface area contributed by atoms with Crippen LogP contribution in [0.5, 0.6) is 0 Å². The summed E-state index contributed by atoms with van der Waals surface area (Å²) >= 11 is 12.9. The van der Waals surface area contributed by atoms with Gasteiger partial charge in [-0.25, -0.2) is 9.78 Å². The van der Waals surface area contributed by atoms with E-state index >= 15 is 0 Å². The van der Waals surface area contributed by atoms with Crippen molar-refractivity contribution in [3.05, 3.63) is 51.3 Å². The van der Waals surface area contributed by atoms with Crippen LogP contribution < -0.4 is 10.6 Å². The lowest BCUT2D eigenvalue weighted by Gasteiger charge is -2.32. The SMILES string of the molecule is CCOC(=O)N1CCC(c2cc(C)c(Nc3ncc(Cl)c(Nc4cc(C)[nH]n4)n3)cc2Cl)CC1. The lowest BCUT2D eigenvalue weighted by molar-refractivity contribution is 0.0971. The first-order valence-electron chi connectivity index (χ1n) is 11.1. The maximum absolute atomic E-state index is 12.0. The van der Waals surface area contributed by atoms with E-state index in [1.165, 1.54) is 6.20 Å². The highest BCUT2D eigenvalue weighted by Crippen LogP contribution is 2.37. The predicted octanol–water partition coefficient (Wildman–Crippen LogP) is 5.95. The zero-order valence-electron chi connectivity index (χ0n) is 19.3. The molecule has 3 heterocycles. The number of carbonyl (C=O) groups excluding carboxylic acids is 1. The Morgan fingerprint density at radius 2 is 1.94 bits per heavy atom. The van der Waals surface area contributed by atoms with Gasteiger partial charge in [0.2, 0.25) is 5.95 Å². The van der Waals surface area contributed by atoms with E-state index < -0.39 is 0 Å². The molecule has 0 spiro atoms. The zero-order valence-corrected chi connectivity index (χ0v) is 20.8. The monoisotopic (exact) mass is 503 g/mol. The van der Waals surface area contributed by atoms with Crippen molar-refractivity contribution in [1.29, 1.82) is 0 Å². The maximum Gasteiger partial charge on any atom is 0.409 e. The second-order valence-electron chi connectivity index (χ2n) is 8.23. The molecule has 1 amide bonds. The minimum absolute atomic E-state index is 0.248. The van der Waals surface area contributed by atoms with Crippen LogP contribution in [0.2, 0.25) is 10.0 Å². The fraction of sp³-hybridized carbons (Fsp3) is 0.391. The topological polar surface area (TPSA) is 108 Å². The Kier molecular flexibility index (Phi) is 7.43. The van der Waals surface area contributed by atoms with Crippen molar-refractivity contribution >= 4 is 52.6 Å². The average Bonchev–Trinajstić information content (AvgIpc) is 3.23. The van der Waals surface area contributed by atoms with Crippen LogP contribution in [0.1, 0.15) is 42.5 Å². The highest BCUT2D eigenvalue weighted by molar-refractivity contribution is 6.33. The summed E-state index contributed by atoms with van der Waals surface area (Å²) in [5.74, 6) is 1.72. The Morgan fingerprint density at radius 3 is 2.62 bits per heavy atom. The van der Waals surface area contributed by atoms with Crippen LogP contribution in [0.4, 0.5) is 28.1 Å². The highest BCUT2D eigenvalue weighted by atomic mass is 35.5. The summed E-state index contributed by atoms with van der Waals surface area (Å²) in [7, 11) is 0. The standard InChI is InChI=1S/C23H27Cl2N7O2/c1-4-34-23(33)32-7-5-15(6-8-32)16-9-13(2)19(11-17(16)24)27-22-26-12-18(25)21(29-22)28-20-10-14(3)30-31-20/h9-12,15H,4-8H2,1-3H3,(H3,26,27,28,29,30,31). The van der Waals surface area contributed by atoms with Crippen LogP contribution in [-0.2, 0) is 4.74 Å². The molecular weight excluding hydrogens is 477 g/mol. The Labute approximate surface area is 208 Å². The van der Waals surface area contributed by atoms with Gasteiger partial charge in [-0.2, -0.15) is 10.1 Å². The van der Waals surface area contributed by atoms with Gasteiger partial charge in [-0.15, -0.1) is 0 Å². The van der Waals surface area contributed by atoms with Crippen molar-refractivity contribution in [1.82, 2.24) is 25.1 Å². The van der Waals surface area contributed by atoms with Crippen molar-refractivity contribution in [2.75, 3.05) is 30.3 Å². The number of halogens is 2. The molecule has 0 atom stereocenters. The number of hydrogen-bond acceptors (Lipinski definition) is 7. The maximum atomic E-state index is 12.0. The summed E-state index contributed by atoms with van der Waals surface area (Å²) < 4.78 is 5.11. The van der Waals surface area contributed by atoms with Gasteiger partial charge in [0, 0.05) is 35.6 Å². The van der Waals surface area contributed by atoms with Crippen LogP contribution in [-0.4, -0.2) is 50.9 Å². The molecule has 1 fully saturated rings. The van der Waals surface area contributed by atoms with E-state index in [1.54, 1.807) is 4.90 Å². The molecule has 2 aromatic heterocycles. The number of nitrogens with zero attached hydrogens (tertiary/aromatic N) is 4. The number of aromatic amines is 1. The summed E-state index contributed by atoms with van der Waals surface area (Å²) in [6.07, 6.45) is 2.96. The molecule has 1 aliphatic rings. The number of H-pyrrole nitrogens is 1. The number of carbonyl (C=O) groups is 1. The molecule has 0 radical (unpaired) electrons. The van der Waals surface area contributed by atoms with Crippen LogP contribution in [0.25, 0.3) is 0 Å². The van der Waals surface area contributed by atoms with E-state index in [2.05, 4.69) is 36.9 Å². The molecule has 1 saturated heterocycles. The lowest BCUT2D eigenvalue weighted by atomic mass is 9.88. The van der Waals surface area contributed by atoms with E-state index in [9.17, 15) is 4.79 Å². The lowest BCUT2D eigenvalue weighted by Crippen LogP contribution is -2.38. The number of likely N-dealkylation sites (tertiary alicyclic amines) is 1. The van der Waals surface area contributed by atoms with Gasteiger partial charge in [-0.3, -0.25) is 5.10 Å². The quantitative estimate of drug-likeness (QED) is 0.381. The number of piperidine rings is 1. The summed E-state index contributed by atoms with van der Waals surface area (Å²) in [4.78, 5) is 22.5. The van der Waals surface area contributed by atoms with Crippen LogP contribution in [0.15, 0.2) is 24.4 Å². The van der Waals surface area contributed by atoms with Crippen LogP contribution >= 0.6 is 23.2 Å². The molecule has 0 aliphatic carbocycles. The molecule has 4 rings (SSSR count). The molecule has 1 aromatic carbocycles. The average molecular weight is 504 g/mol. The summed E-state index contributed by atoms with van der Waals surface area (Å²) in [6, 6.07) is 5.84. The number of anilines is 4. The molecule has 0 unspecified atom stereocenters. The van der Waals surface area contributed by atoms with Crippen LogP contribution in [0.3, 0.4) is 0 Å². The number of aromatic nitrogens is 4. The molecule has 1 aliphatic heterocycles. The van der Waals surface area contributed by atoms with E-state index in [1.807, 2.05) is 32.9 Å². The van der Waals surface area contributed by atoms with Gasteiger partial charge in [-0.1, -0.05) is 29.3 Å². The van der Waals surface area contributed by atoms with E-state index in [0.29, 0.717) is 47.3 Å². The third-order valence-electron chi connectivity index (χ3n) is 5.75. The van der Waals surface area contributed by atoms with Gasteiger partial charge in [0.15, 0.2) is 11.6 Å². The van der Waals surface area contributed by atoms with E-state index in [-0.39, 0.29) is 12.0 Å². The number of rotatable bonds is 6. The first kappa shape index (κ1) is 24.1. The summed E-state index contributed by atoms with van der Waals surface area (Å²) in [6.45, 7) is 7.43. The molecule has 34 heavy (non-hydrogen) atoms. The number of aryl methyl sites for hydroxylation is 2. The van der Waals surface area contributed by atoms with Crippen molar-refractivity contribution in [3.63, 3.8) is 0 Å². The molecule has 3 N–H and O–H groups in total. The zero-order chi connectivity index (χ0) is 24.2. The largest absolute Gasteiger partial charge is 0.450 e.